The first-order valence-corrected chi connectivity index (χ1v) is 8.42. The molecule has 1 fully saturated rings. The molecule has 3 N–H and O–H groups in total. The molecule has 0 spiro atoms. The van der Waals surface area contributed by atoms with Gasteiger partial charge < -0.3 is 15.2 Å². The number of ether oxygens (including phenoxy) is 2. The first kappa shape index (κ1) is 15.5. The average molecular weight is 299 g/mol. The van der Waals surface area contributed by atoms with Gasteiger partial charge in [-0.05, 0) is 17.4 Å². The minimum atomic E-state index is -3.74. The summed E-state index contributed by atoms with van der Waals surface area (Å²) in [5.41, 5.74) is 5.12. The van der Waals surface area contributed by atoms with E-state index in [1.165, 1.54) is 0 Å². The minimum Gasteiger partial charge on any atom is -0.390 e. The molecule has 1 saturated heterocycles. The SMILES string of the molecule is CS(=O)(=O)C(OC[C@@H]1CC[C@H](N=CN)O1)[P+](=O)O. The smallest absolute Gasteiger partial charge is 0.390 e. The van der Waals surface area contributed by atoms with Gasteiger partial charge in [0.25, 0.3) is 0 Å². The van der Waals surface area contributed by atoms with Crippen LogP contribution in [-0.2, 0) is 23.9 Å². The van der Waals surface area contributed by atoms with Crippen LogP contribution >= 0.6 is 8.03 Å². The van der Waals surface area contributed by atoms with E-state index in [4.69, 9.17) is 20.1 Å². The summed E-state index contributed by atoms with van der Waals surface area (Å²) in [4.78, 5) is 12.7. The monoisotopic (exact) mass is 299 g/mol. The van der Waals surface area contributed by atoms with E-state index in [9.17, 15) is 13.0 Å². The lowest BCUT2D eigenvalue weighted by molar-refractivity contribution is -0.00860. The third kappa shape index (κ3) is 4.58. The highest BCUT2D eigenvalue weighted by atomic mass is 32.2. The summed E-state index contributed by atoms with van der Waals surface area (Å²) < 4.78 is 43.6. The quantitative estimate of drug-likeness (QED) is 0.386. The highest BCUT2D eigenvalue weighted by Gasteiger charge is 2.41. The van der Waals surface area contributed by atoms with E-state index in [0.717, 1.165) is 12.6 Å². The number of nitrogens with zero attached hydrogens (tertiary/aromatic N) is 1. The van der Waals surface area contributed by atoms with E-state index in [1.807, 2.05) is 0 Å². The molecule has 1 aliphatic heterocycles. The zero-order valence-corrected chi connectivity index (χ0v) is 11.5. The van der Waals surface area contributed by atoms with Gasteiger partial charge in [0.15, 0.2) is 6.23 Å². The second-order valence-electron chi connectivity index (χ2n) is 3.86. The van der Waals surface area contributed by atoms with Crippen LogP contribution in [0.4, 0.5) is 0 Å². The molecule has 10 heteroatoms. The molecule has 0 radical (unpaired) electrons. The molecule has 0 aliphatic carbocycles. The lowest BCUT2D eigenvalue weighted by Gasteiger charge is -2.11. The fourth-order valence-corrected chi connectivity index (χ4v) is 3.41. The topological polar surface area (TPSA) is 128 Å². The Morgan fingerprint density at radius 1 is 1.67 bits per heavy atom. The normalized spacial score (nSPS) is 27.6. The maximum Gasteiger partial charge on any atom is 0.555 e. The van der Waals surface area contributed by atoms with Crippen LogP contribution in [0.5, 0.6) is 0 Å². The summed E-state index contributed by atoms with van der Waals surface area (Å²) in [5, 5.41) is -1.71. The average Bonchev–Trinajstić information content (AvgIpc) is 2.64. The van der Waals surface area contributed by atoms with Crippen molar-refractivity contribution in [3.8, 4) is 0 Å². The van der Waals surface area contributed by atoms with E-state index in [2.05, 4.69) is 4.99 Å². The van der Waals surface area contributed by atoms with Crippen molar-refractivity contribution >= 4 is 24.2 Å². The molecule has 1 heterocycles. The van der Waals surface area contributed by atoms with E-state index >= 15 is 0 Å². The number of sulfone groups is 1. The summed E-state index contributed by atoms with van der Waals surface area (Å²) in [6.07, 6.45) is 2.55. The van der Waals surface area contributed by atoms with E-state index in [-0.39, 0.29) is 18.9 Å². The molecule has 2 unspecified atom stereocenters. The Morgan fingerprint density at radius 2 is 2.33 bits per heavy atom. The van der Waals surface area contributed by atoms with E-state index < -0.39 is 23.0 Å². The van der Waals surface area contributed by atoms with Gasteiger partial charge in [-0.1, -0.05) is 0 Å². The molecule has 0 saturated carbocycles. The molecule has 0 bridgehead atoms. The Labute approximate surface area is 106 Å². The Balaban J connectivity index is 2.48. The van der Waals surface area contributed by atoms with Crippen molar-refractivity contribution in [3.63, 3.8) is 0 Å². The molecule has 8 nitrogen and oxygen atoms in total. The molecule has 0 aromatic heterocycles. The van der Waals surface area contributed by atoms with E-state index in [0.29, 0.717) is 12.8 Å². The van der Waals surface area contributed by atoms with Crippen molar-refractivity contribution in [1.82, 2.24) is 0 Å². The van der Waals surface area contributed by atoms with Crippen molar-refractivity contribution < 1.29 is 27.3 Å². The standard InChI is InChI=1S/C8H15N2O6PS/c1-18(13,14)8(17(11)12)15-4-6-2-3-7(16-6)10-5-9/h5-8H,2-4H2,1H3,(H2-,9,10,11,12)/p+1/t6-,7+,8?/m0/s1. The van der Waals surface area contributed by atoms with Crippen LogP contribution in [0.2, 0.25) is 0 Å². The molecule has 104 valence electrons. The number of aliphatic imine (C=N–C) groups is 1. The van der Waals surface area contributed by atoms with Crippen LogP contribution in [-0.4, -0.2) is 50.0 Å². The van der Waals surface area contributed by atoms with Crippen LogP contribution in [0.3, 0.4) is 0 Å². The molecule has 0 aromatic carbocycles. The van der Waals surface area contributed by atoms with Crippen LogP contribution < -0.4 is 5.73 Å². The van der Waals surface area contributed by atoms with Crippen molar-refractivity contribution in [2.24, 2.45) is 10.7 Å². The van der Waals surface area contributed by atoms with Gasteiger partial charge >= 0.3 is 13.2 Å². The summed E-state index contributed by atoms with van der Waals surface area (Å²) in [5.74, 6) is 0. The second-order valence-corrected chi connectivity index (χ2v) is 7.37. The van der Waals surface area contributed by atoms with Crippen molar-refractivity contribution in [3.05, 3.63) is 0 Å². The highest BCUT2D eigenvalue weighted by Crippen LogP contribution is 2.29. The zero-order chi connectivity index (χ0) is 13.8. The molecule has 0 amide bonds. The Hall–Kier alpha value is -0.600. The van der Waals surface area contributed by atoms with Gasteiger partial charge in [-0.25, -0.2) is 13.4 Å². The van der Waals surface area contributed by atoms with E-state index in [1.54, 1.807) is 0 Å². The number of hydrogen-bond acceptors (Lipinski definition) is 6. The largest absolute Gasteiger partial charge is 0.555 e. The van der Waals surface area contributed by atoms with Crippen LogP contribution in [0.25, 0.3) is 0 Å². The predicted octanol–water partition coefficient (Wildman–Crippen LogP) is -0.442. The Kier molecular flexibility index (Phi) is 5.61. The number of nitrogens with two attached hydrogens (primary N) is 1. The van der Waals surface area contributed by atoms with Gasteiger partial charge in [0.2, 0.25) is 9.84 Å². The van der Waals surface area contributed by atoms with Gasteiger partial charge in [0, 0.05) is 6.26 Å². The fourth-order valence-electron chi connectivity index (χ4n) is 1.56. The molecule has 18 heavy (non-hydrogen) atoms. The van der Waals surface area contributed by atoms with Gasteiger partial charge in [0.1, 0.15) is 0 Å². The second kappa shape index (κ2) is 6.53. The summed E-state index contributed by atoms with van der Waals surface area (Å²) in [6, 6.07) is 0. The van der Waals surface area contributed by atoms with Crippen LogP contribution in [0.1, 0.15) is 12.8 Å². The van der Waals surface area contributed by atoms with Crippen molar-refractivity contribution in [2.75, 3.05) is 12.9 Å². The molecule has 1 rings (SSSR count). The highest BCUT2D eigenvalue weighted by molar-refractivity contribution is 7.96. The van der Waals surface area contributed by atoms with Gasteiger partial charge in [-0.2, -0.15) is 4.89 Å². The van der Waals surface area contributed by atoms with Gasteiger partial charge in [0.05, 0.1) is 19.0 Å². The lowest BCUT2D eigenvalue weighted by Crippen LogP contribution is -2.25. The lowest BCUT2D eigenvalue weighted by atomic mass is 10.2. The fraction of sp³-hybridized carbons (Fsp3) is 0.875. The van der Waals surface area contributed by atoms with Gasteiger partial charge in [-0.15, -0.1) is 0 Å². The number of hydrogen-bond donors (Lipinski definition) is 2. The third-order valence-electron chi connectivity index (χ3n) is 2.31. The van der Waals surface area contributed by atoms with Crippen molar-refractivity contribution in [1.29, 1.82) is 0 Å². The molecular weight excluding hydrogens is 283 g/mol. The van der Waals surface area contributed by atoms with Gasteiger partial charge in [-0.3, -0.25) is 0 Å². The molecule has 1 aliphatic rings. The minimum absolute atomic E-state index is 0.0735. The summed E-state index contributed by atoms with van der Waals surface area (Å²) >= 11 is 0. The molecule has 0 aromatic rings. The summed E-state index contributed by atoms with van der Waals surface area (Å²) in [6.45, 7) is -0.0735. The maximum absolute atomic E-state index is 11.2. The maximum atomic E-state index is 11.2. The Bertz CT molecular complexity index is 425. The van der Waals surface area contributed by atoms with Crippen molar-refractivity contribution in [2.45, 2.75) is 30.4 Å². The first-order chi connectivity index (χ1) is 8.34. The molecule has 4 atom stereocenters. The molecular formula is C8H16N2O6PS+. The predicted molar refractivity (Wildman–Crippen MR) is 65.0 cm³/mol. The van der Waals surface area contributed by atoms with Crippen LogP contribution in [0.15, 0.2) is 4.99 Å². The Morgan fingerprint density at radius 3 is 2.83 bits per heavy atom. The first-order valence-electron chi connectivity index (χ1n) is 5.19. The third-order valence-corrected chi connectivity index (χ3v) is 5.38. The van der Waals surface area contributed by atoms with Crippen LogP contribution in [0, 0.1) is 0 Å². The number of rotatable bonds is 6. The zero-order valence-electron chi connectivity index (χ0n) is 9.80. The summed E-state index contributed by atoms with van der Waals surface area (Å²) in [7, 11) is -6.70.